The van der Waals surface area contributed by atoms with Crippen LogP contribution in [0.2, 0.25) is 0 Å². The molecule has 0 radical (unpaired) electrons. The van der Waals surface area contributed by atoms with E-state index in [0.29, 0.717) is 12.5 Å². The second kappa shape index (κ2) is 7.89. The van der Waals surface area contributed by atoms with Crippen molar-refractivity contribution >= 4 is 5.91 Å². The van der Waals surface area contributed by atoms with Crippen molar-refractivity contribution in [3.05, 3.63) is 12.7 Å². The molecule has 0 aliphatic carbocycles. The maximum atomic E-state index is 12.1. The van der Waals surface area contributed by atoms with Crippen molar-refractivity contribution in [1.29, 1.82) is 0 Å². The summed E-state index contributed by atoms with van der Waals surface area (Å²) in [5, 5.41) is 7.05. The van der Waals surface area contributed by atoms with Crippen LogP contribution in [0, 0.1) is 11.8 Å². The topological polar surface area (TPSA) is 85.8 Å². The minimum atomic E-state index is -0.0891. The molecule has 0 saturated carbocycles. The third kappa shape index (κ3) is 5.83. The number of rotatable bonds is 8. The molecule has 3 N–H and O–H groups in total. The number of nitrogens with one attached hydrogen (secondary N) is 1. The van der Waals surface area contributed by atoms with Gasteiger partial charge in [-0.05, 0) is 25.7 Å². The second-order valence-corrected chi connectivity index (χ2v) is 5.42. The number of aryl methyl sites for hydroxylation is 1. The summed E-state index contributed by atoms with van der Waals surface area (Å²) in [7, 11) is 0. The Labute approximate surface area is 114 Å². The molecule has 0 aromatic carbocycles. The molecule has 2 atom stereocenters. The van der Waals surface area contributed by atoms with Gasteiger partial charge in [0.1, 0.15) is 12.7 Å². The molecule has 0 spiro atoms. The third-order valence-corrected chi connectivity index (χ3v) is 3.06. The molecule has 108 valence electrons. The van der Waals surface area contributed by atoms with Gasteiger partial charge in [0.25, 0.3) is 0 Å². The van der Waals surface area contributed by atoms with E-state index in [0.717, 1.165) is 19.4 Å². The van der Waals surface area contributed by atoms with Gasteiger partial charge in [0.2, 0.25) is 5.91 Å². The predicted molar refractivity (Wildman–Crippen MR) is 74.2 cm³/mol. The first-order chi connectivity index (χ1) is 9.02. The molecule has 1 amide bonds. The molecular formula is C13H25N5O. The Balaban J connectivity index is 2.33. The van der Waals surface area contributed by atoms with Crippen LogP contribution < -0.4 is 11.1 Å². The maximum absolute atomic E-state index is 12.1. The number of carbonyl (C=O) groups excluding carboxylic acids is 1. The normalized spacial score (nSPS) is 14.4. The van der Waals surface area contributed by atoms with Crippen LogP contribution in [0.5, 0.6) is 0 Å². The third-order valence-electron chi connectivity index (χ3n) is 3.06. The van der Waals surface area contributed by atoms with Crippen LogP contribution >= 0.6 is 0 Å². The van der Waals surface area contributed by atoms with E-state index in [-0.39, 0.29) is 17.9 Å². The van der Waals surface area contributed by atoms with Gasteiger partial charge in [-0.3, -0.25) is 9.48 Å². The highest BCUT2D eigenvalue weighted by molar-refractivity contribution is 5.79. The number of hydrogen-bond donors (Lipinski definition) is 2. The van der Waals surface area contributed by atoms with Gasteiger partial charge in [-0.1, -0.05) is 13.8 Å². The highest BCUT2D eigenvalue weighted by atomic mass is 16.1. The Kier molecular flexibility index (Phi) is 6.49. The molecule has 0 aliphatic rings. The lowest BCUT2D eigenvalue weighted by atomic mass is 9.96. The lowest BCUT2D eigenvalue weighted by molar-refractivity contribution is -0.125. The van der Waals surface area contributed by atoms with Gasteiger partial charge in [0, 0.05) is 19.1 Å². The fourth-order valence-electron chi connectivity index (χ4n) is 1.99. The van der Waals surface area contributed by atoms with E-state index in [1.807, 2.05) is 6.92 Å². The fraction of sp³-hybridized carbons (Fsp3) is 0.769. The molecule has 1 rings (SSSR count). The zero-order valence-electron chi connectivity index (χ0n) is 12.0. The summed E-state index contributed by atoms with van der Waals surface area (Å²) < 4.78 is 1.76. The number of aromatic nitrogens is 3. The molecular weight excluding hydrogens is 242 g/mol. The van der Waals surface area contributed by atoms with Gasteiger partial charge in [0.15, 0.2) is 0 Å². The monoisotopic (exact) mass is 267 g/mol. The molecule has 1 aromatic rings. The summed E-state index contributed by atoms with van der Waals surface area (Å²) in [6.07, 6.45) is 4.85. The summed E-state index contributed by atoms with van der Waals surface area (Å²) >= 11 is 0. The Morgan fingerprint density at radius 3 is 2.68 bits per heavy atom. The lowest BCUT2D eigenvalue weighted by Gasteiger charge is -2.20. The van der Waals surface area contributed by atoms with E-state index in [9.17, 15) is 4.79 Å². The molecule has 0 saturated heterocycles. The lowest BCUT2D eigenvalue weighted by Crippen LogP contribution is -2.40. The molecule has 6 nitrogen and oxygen atoms in total. The summed E-state index contributed by atoms with van der Waals surface area (Å²) in [6, 6.07) is 0.109. The van der Waals surface area contributed by atoms with Crippen molar-refractivity contribution in [3.63, 3.8) is 0 Å². The van der Waals surface area contributed by atoms with Crippen molar-refractivity contribution in [2.24, 2.45) is 17.6 Å². The fourth-order valence-corrected chi connectivity index (χ4v) is 1.99. The zero-order chi connectivity index (χ0) is 14.3. The zero-order valence-corrected chi connectivity index (χ0v) is 12.0. The van der Waals surface area contributed by atoms with Crippen molar-refractivity contribution in [2.45, 2.75) is 46.2 Å². The number of nitrogens with two attached hydrogens (primary N) is 1. The van der Waals surface area contributed by atoms with Gasteiger partial charge in [0.05, 0.1) is 5.92 Å². The highest BCUT2D eigenvalue weighted by Crippen LogP contribution is 2.11. The van der Waals surface area contributed by atoms with Crippen LogP contribution in [0.25, 0.3) is 0 Å². The first kappa shape index (κ1) is 15.6. The Morgan fingerprint density at radius 1 is 1.42 bits per heavy atom. The van der Waals surface area contributed by atoms with E-state index in [1.165, 1.54) is 6.33 Å². The molecule has 0 aliphatic heterocycles. The minimum absolute atomic E-state index is 0.0577. The summed E-state index contributed by atoms with van der Waals surface area (Å²) in [5.74, 6) is 0.445. The van der Waals surface area contributed by atoms with E-state index in [4.69, 9.17) is 5.73 Å². The minimum Gasteiger partial charge on any atom is -0.353 e. The molecule has 1 heterocycles. The molecule has 0 unspecified atom stereocenters. The Bertz CT molecular complexity index is 363. The Hall–Kier alpha value is -1.43. The maximum Gasteiger partial charge on any atom is 0.224 e. The van der Waals surface area contributed by atoms with Gasteiger partial charge < -0.3 is 11.1 Å². The Morgan fingerprint density at radius 2 is 2.16 bits per heavy atom. The average Bonchev–Trinajstić information content (AvgIpc) is 2.86. The smallest absolute Gasteiger partial charge is 0.224 e. The number of hydrogen-bond acceptors (Lipinski definition) is 4. The van der Waals surface area contributed by atoms with Crippen LogP contribution in [-0.2, 0) is 11.3 Å². The predicted octanol–water partition coefficient (Wildman–Crippen LogP) is 0.794. The SMILES string of the molecule is CC(C)C[C@H](CN)C(=O)N[C@H](C)CCn1cncn1. The van der Waals surface area contributed by atoms with E-state index in [1.54, 1.807) is 11.0 Å². The standard InChI is InChI=1S/C13H25N5O/c1-10(2)6-12(7-14)13(19)17-11(3)4-5-18-9-15-8-16-18/h8-12H,4-7,14H2,1-3H3,(H,17,19)/t11-,12-/m1/s1. The van der Waals surface area contributed by atoms with Crippen LogP contribution in [-0.4, -0.2) is 33.3 Å². The molecule has 0 fully saturated rings. The second-order valence-electron chi connectivity index (χ2n) is 5.42. The van der Waals surface area contributed by atoms with Gasteiger partial charge in [-0.15, -0.1) is 0 Å². The highest BCUT2D eigenvalue weighted by Gasteiger charge is 2.19. The van der Waals surface area contributed by atoms with E-state index < -0.39 is 0 Å². The summed E-state index contributed by atoms with van der Waals surface area (Å²) in [4.78, 5) is 15.9. The van der Waals surface area contributed by atoms with Crippen molar-refractivity contribution in [1.82, 2.24) is 20.1 Å². The number of carbonyl (C=O) groups is 1. The molecule has 0 bridgehead atoms. The molecule has 1 aromatic heterocycles. The quantitative estimate of drug-likeness (QED) is 0.729. The van der Waals surface area contributed by atoms with Crippen LogP contribution in [0.1, 0.15) is 33.6 Å². The van der Waals surface area contributed by atoms with Gasteiger partial charge >= 0.3 is 0 Å². The number of amides is 1. The molecule has 6 heteroatoms. The largest absolute Gasteiger partial charge is 0.353 e. The van der Waals surface area contributed by atoms with Crippen molar-refractivity contribution < 1.29 is 4.79 Å². The van der Waals surface area contributed by atoms with Crippen LogP contribution in [0.4, 0.5) is 0 Å². The van der Waals surface area contributed by atoms with Crippen molar-refractivity contribution in [2.75, 3.05) is 6.54 Å². The first-order valence-corrected chi connectivity index (χ1v) is 6.85. The number of nitrogens with zero attached hydrogens (tertiary/aromatic N) is 3. The average molecular weight is 267 g/mol. The van der Waals surface area contributed by atoms with Gasteiger partial charge in [-0.2, -0.15) is 5.10 Å². The van der Waals surface area contributed by atoms with Crippen molar-refractivity contribution in [3.8, 4) is 0 Å². The van der Waals surface area contributed by atoms with E-state index >= 15 is 0 Å². The summed E-state index contributed by atoms with van der Waals surface area (Å²) in [5.41, 5.74) is 5.67. The van der Waals surface area contributed by atoms with Gasteiger partial charge in [-0.25, -0.2) is 4.98 Å². The first-order valence-electron chi connectivity index (χ1n) is 6.85. The summed E-state index contributed by atoms with van der Waals surface area (Å²) in [6.45, 7) is 7.35. The van der Waals surface area contributed by atoms with Crippen LogP contribution in [0.3, 0.4) is 0 Å². The van der Waals surface area contributed by atoms with Crippen LogP contribution in [0.15, 0.2) is 12.7 Å². The molecule has 19 heavy (non-hydrogen) atoms. The van der Waals surface area contributed by atoms with E-state index in [2.05, 4.69) is 29.2 Å².